The summed E-state index contributed by atoms with van der Waals surface area (Å²) in [4.78, 5) is 24.0. The molecule has 2 N–H and O–H groups in total. The van der Waals surface area contributed by atoms with Crippen LogP contribution in [0, 0.1) is 11.6 Å². The van der Waals surface area contributed by atoms with E-state index in [0.29, 0.717) is 30.7 Å². The summed E-state index contributed by atoms with van der Waals surface area (Å²) in [6, 6.07) is 4.52. The number of halogens is 2. The first-order valence-electron chi connectivity index (χ1n) is 7.53. The summed E-state index contributed by atoms with van der Waals surface area (Å²) in [6.07, 6.45) is 1.05. The van der Waals surface area contributed by atoms with E-state index < -0.39 is 23.6 Å². The van der Waals surface area contributed by atoms with Crippen LogP contribution in [-0.2, 0) is 4.79 Å². The Balaban J connectivity index is 1.90. The first kappa shape index (κ1) is 16.4. The normalized spacial score (nSPS) is 21.8. The number of aromatic amines is 1. The molecule has 1 fully saturated rings. The summed E-state index contributed by atoms with van der Waals surface area (Å²) in [5.41, 5.74) is 0.153. The van der Waals surface area contributed by atoms with E-state index in [9.17, 15) is 18.4 Å². The number of piperidine rings is 1. The second kappa shape index (κ2) is 6.56. The molecule has 0 spiro atoms. The van der Waals surface area contributed by atoms with E-state index in [2.05, 4.69) is 5.16 Å². The highest BCUT2D eigenvalue weighted by atomic mass is 19.2. The molecule has 3 rings (SSSR count). The number of aromatic nitrogens is 1. The van der Waals surface area contributed by atoms with Gasteiger partial charge in [-0.15, -0.1) is 0 Å². The molecule has 2 aromatic rings. The molecule has 1 aromatic carbocycles. The third-order valence-electron chi connectivity index (χ3n) is 4.33. The zero-order chi connectivity index (χ0) is 17.3. The van der Waals surface area contributed by atoms with Gasteiger partial charge in [0.05, 0.1) is 6.54 Å². The highest BCUT2D eigenvalue weighted by Crippen LogP contribution is 2.39. The summed E-state index contributed by atoms with van der Waals surface area (Å²) in [7, 11) is 0. The molecule has 1 aliphatic heterocycles. The minimum absolute atomic E-state index is 0.105. The Kier molecular flexibility index (Phi) is 4.48. The Morgan fingerprint density at radius 3 is 2.75 bits per heavy atom. The smallest absolute Gasteiger partial charge is 0.317 e. The molecular formula is C16H16F2N2O4. The summed E-state index contributed by atoms with van der Waals surface area (Å²) >= 11 is 0. The Hall–Kier alpha value is -2.48. The number of benzene rings is 1. The van der Waals surface area contributed by atoms with Crippen LogP contribution >= 0.6 is 0 Å². The van der Waals surface area contributed by atoms with Gasteiger partial charge in [-0.25, -0.2) is 8.78 Å². The molecule has 0 radical (unpaired) electrons. The predicted molar refractivity (Wildman–Crippen MR) is 79.6 cm³/mol. The molecule has 6 nitrogen and oxygen atoms in total. The van der Waals surface area contributed by atoms with Gasteiger partial charge in [-0.1, -0.05) is 6.07 Å². The number of aliphatic carboxylic acids is 1. The third-order valence-corrected chi connectivity index (χ3v) is 4.33. The topological polar surface area (TPSA) is 86.5 Å². The lowest BCUT2D eigenvalue weighted by atomic mass is 9.85. The van der Waals surface area contributed by atoms with E-state index >= 15 is 0 Å². The number of carboxylic acid groups (broad SMARTS) is 1. The summed E-state index contributed by atoms with van der Waals surface area (Å²) < 4.78 is 31.9. The zero-order valence-corrected chi connectivity index (χ0v) is 12.7. The second-order valence-electron chi connectivity index (χ2n) is 5.89. The van der Waals surface area contributed by atoms with Gasteiger partial charge < -0.3 is 9.63 Å². The minimum atomic E-state index is -0.991. The van der Waals surface area contributed by atoms with Crippen LogP contribution in [0.2, 0.25) is 0 Å². The number of hydrogen-bond donors (Lipinski definition) is 2. The van der Waals surface area contributed by atoms with Gasteiger partial charge in [0.25, 0.3) is 5.56 Å². The lowest BCUT2D eigenvalue weighted by Gasteiger charge is -2.38. The van der Waals surface area contributed by atoms with Crippen LogP contribution in [0.25, 0.3) is 0 Å². The molecule has 8 heteroatoms. The number of nitrogens with one attached hydrogen (secondary N) is 1. The molecule has 128 valence electrons. The van der Waals surface area contributed by atoms with Crippen LogP contribution in [0.15, 0.2) is 33.6 Å². The molecule has 0 aliphatic carbocycles. The Morgan fingerprint density at radius 1 is 1.33 bits per heavy atom. The van der Waals surface area contributed by atoms with Crippen LogP contribution in [-0.4, -0.2) is 34.2 Å². The molecular weight excluding hydrogens is 322 g/mol. The maximum absolute atomic E-state index is 13.6. The van der Waals surface area contributed by atoms with E-state index in [1.54, 1.807) is 4.90 Å². The van der Waals surface area contributed by atoms with Crippen molar-refractivity contribution in [3.05, 3.63) is 57.6 Å². The molecule has 1 aromatic heterocycles. The van der Waals surface area contributed by atoms with E-state index in [4.69, 9.17) is 9.63 Å². The fourth-order valence-corrected chi connectivity index (χ4v) is 3.20. The first-order chi connectivity index (χ1) is 11.4. The first-order valence-corrected chi connectivity index (χ1v) is 7.53. The summed E-state index contributed by atoms with van der Waals surface area (Å²) in [6.45, 7) is 0.239. The third kappa shape index (κ3) is 3.38. The fourth-order valence-electron chi connectivity index (χ4n) is 3.20. The molecule has 0 amide bonds. The maximum atomic E-state index is 13.6. The van der Waals surface area contributed by atoms with Gasteiger partial charge in [-0.05, 0) is 30.5 Å². The minimum Gasteiger partial charge on any atom is -0.480 e. The standard InChI is InChI=1S/C16H16F2N2O4/c17-11-2-1-9(5-12(11)18)13-6-10(14-7-15(21)19-24-14)3-4-20(13)8-16(22)23/h1-2,5,7,10,13H,3-4,6,8H2,(H,19,21)(H,22,23). The van der Waals surface area contributed by atoms with Gasteiger partial charge in [0.1, 0.15) is 5.76 Å². The van der Waals surface area contributed by atoms with E-state index in [1.165, 1.54) is 12.1 Å². The largest absolute Gasteiger partial charge is 0.480 e. The highest BCUT2D eigenvalue weighted by Gasteiger charge is 2.33. The average Bonchev–Trinajstić information content (AvgIpc) is 2.96. The number of hydrogen-bond acceptors (Lipinski definition) is 4. The molecule has 0 saturated carbocycles. The Morgan fingerprint density at radius 2 is 2.12 bits per heavy atom. The van der Waals surface area contributed by atoms with Crippen LogP contribution in [0.4, 0.5) is 8.78 Å². The van der Waals surface area contributed by atoms with Crippen molar-refractivity contribution in [2.75, 3.05) is 13.1 Å². The Bertz CT molecular complexity index is 801. The Labute approximate surface area is 135 Å². The van der Waals surface area contributed by atoms with Crippen molar-refractivity contribution in [3.63, 3.8) is 0 Å². The van der Waals surface area contributed by atoms with Gasteiger partial charge >= 0.3 is 5.97 Å². The number of carboxylic acids is 1. The zero-order valence-electron chi connectivity index (χ0n) is 12.7. The number of rotatable bonds is 4. The predicted octanol–water partition coefficient (Wildman–Crippen LogP) is 2.25. The highest BCUT2D eigenvalue weighted by molar-refractivity contribution is 5.69. The van der Waals surface area contributed by atoms with Crippen molar-refractivity contribution < 1.29 is 23.2 Å². The van der Waals surface area contributed by atoms with Crippen molar-refractivity contribution >= 4 is 5.97 Å². The molecule has 2 unspecified atom stereocenters. The van der Waals surface area contributed by atoms with Gasteiger partial charge in [0.2, 0.25) is 0 Å². The van der Waals surface area contributed by atoms with Crippen LogP contribution in [0.3, 0.4) is 0 Å². The quantitative estimate of drug-likeness (QED) is 0.893. The van der Waals surface area contributed by atoms with Gasteiger partial charge in [0, 0.05) is 24.6 Å². The van der Waals surface area contributed by atoms with Crippen molar-refractivity contribution in [1.82, 2.24) is 10.1 Å². The average molecular weight is 338 g/mol. The number of H-pyrrole nitrogens is 1. The van der Waals surface area contributed by atoms with Crippen molar-refractivity contribution in [3.8, 4) is 0 Å². The van der Waals surface area contributed by atoms with E-state index in [-0.39, 0.29) is 18.0 Å². The molecule has 1 aliphatic rings. The summed E-state index contributed by atoms with van der Waals surface area (Å²) in [5.74, 6) is -2.53. The lowest BCUT2D eigenvalue weighted by Crippen LogP contribution is -2.39. The lowest BCUT2D eigenvalue weighted by molar-refractivity contribution is -0.139. The maximum Gasteiger partial charge on any atom is 0.317 e. The molecule has 2 atom stereocenters. The van der Waals surface area contributed by atoms with Gasteiger partial charge in [-0.2, -0.15) is 5.16 Å². The molecule has 1 saturated heterocycles. The van der Waals surface area contributed by atoms with Gasteiger partial charge in [0.15, 0.2) is 11.6 Å². The van der Waals surface area contributed by atoms with Crippen molar-refractivity contribution in [2.45, 2.75) is 24.8 Å². The molecule has 24 heavy (non-hydrogen) atoms. The van der Waals surface area contributed by atoms with Crippen LogP contribution < -0.4 is 5.56 Å². The second-order valence-corrected chi connectivity index (χ2v) is 5.89. The van der Waals surface area contributed by atoms with Crippen LogP contribution in [0.1, 0.15) is 36.1 Å². The van der Waals surface area contributed by atoms with Gasteiger partial charge in [-0.3, -0.25) is 14.5 Å². The van der Waals surface area contributed by atoms with E-state index in [0.717, 1.165) is 12.1 Å². The molecule has 2 heterocycles. The van der Waals surface area contributed by atoms with Crippen molar-refractivity contribution in [2.24, 2.45) is 0 Å². The fraction of sp³-hybridized carbons (Fsp3) is 0.375. The van der Waals surface area contributed by atoms with Crippen LogP contribution in [0.5, 0.6) is 0 Å². The number of nitrogens with zero attached hydrogens (tertiary/aromatic N) is 1. The van der Waals surface area contributed by atoms with E-state index in [1.807, 2.05) is 0 Å². The summed E-state index contributed by atoms with van der Waals surface area (Å²) in [5, 5.41) is 11.3. The SMILES string of the molecule is O=C(O)CN1CCC(c2cc(=O)[nH]o2)CC1c1ccc(F)c(F)c1. The number of likely N-dealkylation sites (tertiary alicyclic amines) is 1. The number of carbonyl (C=O) groups is 1. The monoisotopic (exact) mass is 338 g/mol. The van der Waals surface area contributed by atoms with Crippen molar-refractivity contribution in [1.29, 1.82) is 0 Å². The molecule has 0 bridgehead atoms.